The van der Waals surface area contributed by atoms with Crippen molar-refractivity contribution in [2.75, 3.05) is 31.6 Å². The Morgan fingerprint density at radius 3 is 3.33 bits per heavy atom. The lowest BCUT2D eigenvalue weighted by atomic mass is 10.3. The van der Waals surface area contributed by atoms with Gasteiger partial charge in [-0.25, -0.2) is 4.52 Å². The first kappa shape index (κ1) is 11.9. The van der Waals surface area contributed by atoms with Crippen LogP contribution in [-0.4, -0.2) is 46.9 Å². The summed E-state index contributed by atoms with van der Waals surface area (Å²) >= 11 is 3.41. The fourth-order valence-corrected chi connectivity index (χ4v) is 2.22. The normalized spacial score (nSPS) is 20.2. The van der Waals surface area contributed by atoms with E-state index in [-0.39, 0.29) is 0 Å². The first-order valence-corrected chi connectivity index (χ1v) is 6.67. The van der Waals surface area contributed by atoms with Gasteiger partial charge in [0.1, 0.15) is 0 Å². The van der Waals surface area contributed by atoms with Crippen LogP contribution in [0.2, 0.25) is 0 Å². The van der Waals surface area contributed by atoms with E-state index in [2.05, 4.69) is 36.6 Å². The van der Waals surface area contributed by atoms with Crippen molar-refractivity contribution >= 4 is 27.5 Å². The van der Waals surface area contributed by atoms with E-state index in [4.69, 9.17) is 4.74 Å². The third-order valence-corrected chi connectivity index (χ3v) is 3.27. The molecule has 6 nitrogen and oxygen atoms in total. The molecule has 2 aromatic heterocycles. The molecule has 2 aromatic rings. The zero-order valence-corrected chi connectivity index (χ0v) is 11.4. The molecule has 18 heavy (non-hydrogen) atoms. The maximum absolute atomic E-state index is 5.39. The van der Waals surface area contributed by atoms with E-state index in [1.165, 1.54) is 0 Å². The number of nitrogens with one attached hydrogen (secondary N) is 2. The van der Waals surface area contributed by atoms with Crippen molar-refractivity contribution in [1.29, 1.82) is 0 Å². The molecular formula is C11H14BrN5O. The molecule has 96 valence electrons. The zero-order chi connectivity index (χ0) is 12.4. The predicted molar refractivity (Wildman–Crippen MR) is 71.8 cm³/mol. The Morgan fingerprint density at radius 2 is 2.50 bits per heavy atom. The minimum absolute atomic E-state index is 0.317. The number of morpholine rings is 1. The summed E-state index contributed by atoms with van der Waals surface area (Å²) < 4.78 is 8.12. The number of hydrogen-bond acceptors (Lipinski definition) is 5. The zero-order valence-electron chi connectivity index (χ0n) is 9.77. The van der Waals surface area contributed by atoms with Crippen LogP contribution < -0.4 is 10.6 Å². The number of aromatic nitrogens is 3. The molecule has 1 aliphatic heterocycles. The summed E-state index contributed by atoms with van der Waals surface area (Å²) in [5.74, 6) is 0.639. The number of rotatable bonds is 3. The number of hydrogen-bond donors (Lipinski definition) is 2. The van der Waals surface area contributed by atoms with Crippen LogP contribution in [0.25, 0.3) is 5.65 Å². The summed E-state index contributed by atoms with van der Waals surface area (Å²) in [5, 5.41) is 11.0. The van der Waals surface area contributed by atoms with Crippen LogP contribution in [0.1, 0.15) is 0 Å². The van der Waals surface area contributed by atoms with E-state index in [1.807, 2.05) is 18.3 Å². The largest absolute Gasteiger partial charge is 0.378 e. The third kappa shape index (κ3) is 2.63. The second-order valence-corrected chi connectivity index (χ2v) is 5.11. The number of nitrogens with zero attached hydrogens (tertiary/aromatic N) is 3. The molecule has 1 unspecified atom stereocenters. The van der Waals surface area contributed by atoms with Crippen LogP contribution in [0.5, 0.6) is 0 Å². The third-order valence-electron chi connectivity index (χ3n) is 2.80. The molecule has 0 amide bonds. The summed E-state index contributed by atoms with van der Waals surface area (Å²) in [7, 11) is 0. The minimum Gasteiger partial charge on any atom is -0.378 e. The Kier molecular flexibility index (Phi) is 3.44. The van der Waals surface area contributed by atoms with E-state index in [0.717, 1.165) is 36.4 Å². The molecule has 0 saturated carbocycles. The highest BCUT2D eigenvalue weighted by molar-refractivity contribution is 9.10. The lowest BCUT2D eigenvalue weighted by molar-refractivity contribution is 0.0806. The van der Waals surface area contributed by atoms with Crippen LogP contribution in [0.3, 0.4) is 0 Å². The predicted octanol–water partition coefficient (Wildman–Crippen LogP) is 0.892. The van der Waals surface area contributed by atoms with Crippen molar-refractivity contribution in [2.24, 2.45) is 0 Å². The monoisotopic (exact) mass is 311 g/mol. The maximum Gasteiger partial charge on any atom is 0.243 e. The number of anilines is 1. The van der Waals surface area contributed by atoms with Crippen molar-refractivity contribution in [2.45, 2.75) is 6.04 Å². The summed E-state index contributed by atoms with van der Waals surface area (Å²) in [5.41, 5.74) is 0.827. The SMILES string of the molecule is Brc1ccc2nc(NCC3COCCN3)nn2c1. The summed E-state index contributed by atoms with van der Waals surface area (Å²) in [6.45, 7) is 3.18. The number of halogens is 1. The summed E-state index contributed by atoms with van der Waals surface area (Å²) in [6, 6.07) is 4.19. The molecule has 0 bridgehead atoms. The molecular weight excluding hydrogens is 298 g/mol. The van der Waals surface area contributed by atoms with Gasteiger partial charge in [-0.3, -0.25) is 0 Å². The Hall–Kier alpha value is -1.18. The molecule has 7 heteroatoms. The molecule has 0 aromatic carbocycles. The highest BCUT2D eigenvalue weighted by Gasteiger charge is 2.13. The van der Waals surface area contributed by atoms with Crippen LogP contribution in [0.4, 0.5) is 5.95 Å². The van der Waals surface area contributed by atoms with Crippen LogP contribution in [0.15, 0.2) is 22.8 Å². The average Bonchev–Trinajstić information content (AvgIpc) is 2.79. The Balaban J connectivity index is 1.67. The van der Waals surface area contributed by atoms with E-state index in [1.54, 1.807) is 4.52 Å². The fraction of sp³-hybridized carbons (Fsp3) is 0.455. The molecule has 0 spiro atoms. The van der Waals surface area contributed by atoms with E-state index in [9.17, 15) is 0 Å². The van der Waals surface area contributed by atoms with E-state index in [0.29, 0.717) is 12.0 Å². The molecule has 1 saturated heterocycles. The van der Waals surface area contributed by atoms with Gasteiger partial charge in [0.2, 0.25) is 5.95 Å². The van der Waals surface area contributed by atoms with Gasteiger partial charge in [0, 0.05) is 29.8 Å². The quantitative estimate of drug-likeness (QED) is 0.881. The van der Waals surface area contributed by atoms with Gasteiger partial charge in [-0.05, 0) is 28.1 Å². The molecule has 1 aliphatic rings. The topological polar surface area (TPSA) is 63.5 Å². The highest BCUT2D eigenvalue weighted by Crippen LogP contribution is 2.12. The first-order valence-electron chi connectivity index (χ1n) is 5.88. The van der Waals surface area contributed by atoms with Crippen LogP contribution >= 0.6 is 15.9 Å². The maximum atomic E-state index is 5.39. The Bertz CT molecular complexity index is 537. The lowest BCUT2D eigenvalue weighted by Gasteiger charge is -2.23. The highest BCUT2D eigenvalue weighted by atomic mass is 79.9. The second kappa shape index (κ2) is 5.21. The van der Waals surface area contributed by atoms with Crippen molar-refractivity contribution in [3.8, 4) is 0 Å². The molecule has 3 rings (SSSR count). The van der Waals surface area contributed by atoms with E-state index >= 15 is 0 Å². The fourth-order valence-electron chi connectivity index (χ4n) is 1.90. The van der Waals surface area contributed by atoms with Gasteiger partial charge in [-0.2, -0.15) is 4.98 Å². The standard InChI is InChI=1S/C11H14BrN5O/c12-8-1-2-10-15-11(16-17(10)6-8)14-5-9-7-18-4-3-13-9/h1-2,6,9,13H,3-5,7H2,(H,14,16). The Labute approximate surface area is 113 Å². The number of pyridine rings is 1. The number of fused-ring (bicyclic) bond motifs is 1. The Morgan fingerprint density at radius 1 is 1.56 bits per heavy atom. The minimum atomic E-state index is 0.317. The second-order valence-electron chi connectivity index (χ2n) is 4.19. The summed E-state index contributed by atoms with van der Waals surface area (Å²) in [4.78, 5) is 4.39. The van der Waals surface area contributed by atoms with Crippen molar-refractivity contribution < 1.29 is 4.74 Å². The molecule has 0 radical (unpaired) electrons. The molecule has 2 N–H and O–H groups in total. The first-order chi connectivity index (χ1) is 8.81. The average molecular weight is 312 g/mol. The van der Waals surface area contributed by atoms with E-state index < -0.39 is 0 Å². The van der Waals surface area contributed by atoms with Crippen LogP contribution in [0, 0.1) is 0 Å². The van der Waals surface area contributed by atoms with Gasteiger partial charge < -0.3 is 15.4 Å². The molecule has 0 aliphatic carbocycles. The van der Waals surface area contributed by atoms with Crippen LogP contribution in [-0.2, 0) is 4.74 Å². The van der Waals surface area contributed by atoms with Gasteiger partial charge in [-0.15, -0.1) is 5.10 Å². The number of ether oxygens (including phenoxy) is 1. The smallest absolute Gasteiger partial charge is 0.243 e. The molecule has 1 atom stereocenters. The molecule has 1 fully saturated rings. The van der Waals surface area contributed by atoms with Gasteiger partial charge >= 0.3 is 0 Å². The van der Waals surface area contributed by atoms with Gasteiger partial charge in [0.25, 0.3) is 0 Å². The summed E-state index contributed by atoms with van der Waals surface area (Å²) in [6.07, 6.45) is 1.88. The van der Waals surface area contributed by atoms with Gasteiger partial charge in [0.15, 0.2) is 5.65 Å². The van der Waals surface area contributed by atoms with Crippen molar-refractivity contribution in [1.82, 2.24) is 19.9 Å². The molecule has 3 heterocycles. The lowest BCUT2D eigenvalue weighted by Crippen LogP contribution is -2.45. The van der Waals surface area contributed by atoms with Gasteiger partial charge in [0.05, 0.1) is 13.2 Å². The van der Waals surface area contributed by atoms with Crippen molar-refractivity contribution in [3.05, 3.63) is 22.8 Å². The van der Waals surface area contributed by atoms with Crippen molar-refractivity contribution in [3.63, 3.8) is 0 Å². The van der Waals surface area contributed by atoms with Gasteiger partial charge in [-0.1, -0.05) is 0 Å².